The molecule has 15 heavy (non-hydrogen) atoms. The lowest BCUT2D eigenvalue weighted by Crippen LogP contribution is -2.07. The van der Waals surface area contributed by atoms with Gasteiger partial charge < -0.3 is 15.6 Å². The van der Waals surface area contributed by atoms with E-state index in [4.69, 9.17) is 10.5 Å². The van der Waals surface area contributed by atoms with E-state index in [0.29, 0.717) is 24.3 Å². The topological polar surface area (TPSA) is 55.5 Å². The second-order valence-electron chi connectivity index (χ2n) is 3.11. The normalized spacial score (nSPS) is 12.6. The van der Waals surface area contributed by atoms with E-state index in [1.165, 1.54) is 13.2 Å². The Balaban J connectivity index is 3.05. The van der Waals surface area contributed by atoms with Gasteiger partial charge >= 0.3 is 0 Å². The van der Waals surface area contributed by atoms with Crippen LogP contribution in [0.15, 0.2) is 16.6 Å². The zero-order valence-electron chi connectivity index (χ0n) is 8.34. The monoisotopic (exact) mass is 277 g/mol. The maximum Gasteiger partial charge on any atom is 0.141 e. The molecule has 0 heterocycles. The lowest BCUT2D eigenvalue weighted by atomic mass is 10.1. The fourth-order valence-corrected chi connectivity index (χ4v) is 1.64. The average molecular weight is 278 g/mol. The van der Waals surface area contributed by atoms with Crippen molar-refractivity contribution in [1.29, 1.82) is 0 Å². The number of ether oxygens (including phenoxy) is 1. The molecule has 0 fully saturated rings. The molecule has 0 amide bonds. The minimum atomic E-state index is -0.758. The predicted octanol–water partition coefficient (Wildman–Crippen LogP) is 1.98. The molecule has 0 spiro atoms. The van der Waals surface area contributed by atoms with Crippen LogP contribution in [0.4, 0.5) is 4.39 Å². The highest BCUT2D eigenvalue weighted by Crippen LogP contribution is 2.31. The third-order valence-corrected chi connectivity index (χ3v) is 2.83. The van der Waals surface area contributed by atoms with Crippen molar-refractivity contribution in [2.24, 2.45) is 5.73 Å². The van der Waals surface area contributed by atoms with Gasteiger partial charge in [-0.3, -0.25) is 0 Å². The van der Waals surface area contributed by atoms with Crippen LogP contribution < -0.4 is 10.5 Å². The summed E-state index contributed by atoms with van der Waals surface area (Å²) in [5.74, 6) is -0.0958. The Kier molecular flexibility index (Phi) is 4.50. The van der Waals surface area contributed by atoms with E-state index < -0.39 is 11.9 Å². The molecule has 1 aromatic carbocycles. The van der Waals surface area contributed by atoms with Crippen LogP contribution in [0.3, 0.4) is 0 Å². The molecule has 0 aromatic heterocycles. The van der Waals surface area contributed by atoms with E-state index in [0.717, 1.165) is 0 Å². The third-order valence-electron chi connectivity index (χ3n) is 2.06. The van der Waals surface area contributed by atoms with Crippen LogP contribution in [0.1, 0.15) is 18.1 Å². The first-order valence-electron chi connectivity index (χ1n) is 4.51. The fraction of sp³-hybridized carbons (Fsp3) is 0.400. The highest BCUT2D eigenvalue weighted by Gasteiger charge is 2.13. The number of halogens is 2. The van der Waals surface area contributed by atoms with Crippen LogP contribution in [0.25, 0.3) is 0 Å². The van der Waals surface area contributed by atoms with Gasteiger partial charge in [0, 0.05) is 0 Å². The molecule has 0 aliphatic rings. The van der Waals surface area contributed by atoms with Crippen LogP contribution in [-0.4, -0.2) is 18.8 Å². The van der Waals surface area contributed by atoms with Gasteiger partial charge in [-0.1, -0.05) is 0 Å². The average Bonchev–Trinajstić information content (AvgIpc) is 2.22. The van der Waals surface area contributed by atoms with Crippen molar-refractivity contribution in [3.05, 3.63) is 28.0 Å². The zero-order valence-corrected chi connectivity index (χ0v) is 9.92. The SMILES string of the molecule is COc1cc(C(O)CCN)cc(F)c1Br. The van der Waals surface area contributed by atoms with Crippen LogP contribution in [0, 0.1) is 5.82 Å². The van der Waals surface area contributed by atoms with E-state index in [1.807, 2.05) is 0 Å². The van der Waals surface area contributed by atoms with E-state index in [9.17, 15) is 9.50 Å². The molecule has 0 radical (unpaired) electrons. The molecule has 0 aliphatic carbocycles. The van der Waals surface area contributed by atoms with E-state index in [2.05, 4.69) is 15.9 Å². The smallest absolute Gasteiger partial charge is 0.141 e. The number of methoxy groups -OCH3 is 1. The highest BCUT2D eigenvalue weighted by atomic mass is 79.9. The zero-order chi connectivity index (χ0) is 11.4. The lowest BCUT2D eigenvalue weighted by Gasteiger charge is -2.12. The largest absolute Gasteiger partial charge is 0.495 e. The maximum absolute atomic E-state index is 13.4. The Morgan fingerprint density at radius 3 is 2.80 bits per heavy atom. The van der Waals surface area contributed by atoms with Gasteiger partial charge in [0.25, 0.3) is 0 Å². The molecule has 0 saturated carbocycles. The van der Waals surface area contributed by atoms with Crippen molar-refractivity contribution in [2.45, 2.75) is 12.5 Å². The van der Waals surface area contributed by atoms with Gasteiger partial charge in [-0.05, 0) is 46.6 Å². The van der Waals surface area contributed by atoms with Crippen LogP contribution in [-0.2, 0) is 0 Å². The summed E-state index contributed by atoms with van der Waals surface area (Å²) in [5, 5.41) is 9.64. The molecule has 1 unspecified atom stereocenters. The van der Waals surface area contributed by atoms with Crippen molar-refractivity contribution in [1.82, 2.24) is 0 Å². The minimum absolute atomic E-state index is 0.258. The first-order chi connectivity index (χ1) is 7.10. The molecule has 1 aromatic rings. The second kappa shape index (κ2) is 5.44. The van der Waals surface area contributed by atoms with Crippen molar-refractivity contribution in [3.63, 3.8) is 0 Å². The number of benzene rings is 1. The summed E-state index contributed by atoms with van der Waals surface area (Å²) in [5.41, 5.74) is 5.78. The molecular weight excluding hydrogens is 265 g/mol. The molecule has 0 saturated heterocycles. The van der Waals surface area contributed by atoms with Gasteiger partial charge in [-0.15, -0.1) is 0 Å². The Labute approximate surface area is 96.2 Å². The molecule has 0 bridgehead atoms. The predicted molar refractivity (Wildman–Crippen MR) is 59.3 cm³/mol. The summed E-state index contributed by atoms with van der Waals surface area (Å²) < 4.78 is 18.6. The molecular formula is C10H13BrFNO2. The van der Waals surface area contributed by atoms with Crippen LogP contribution >= 0.6 is 15.9 Å². The van der Waals surface area contributed by atoms with E-state index >= 15 is 0 Å². The van der Waals surface area contributed by atoms with Gasteiger partial charge in [0.05, 0.1) is 17.7 Å². The van der Waals surface area contributed by atoms with Crippen LogP contribution in [0.5, 0.6) is 5.75 Å². The first kappa shape index (κ1) is 12.4. The highest BCUT2D eigenvalue weighted by molar-refractivity contribution is 9.10. The van der Waals surface area contributed by atoms with Crippen molar-refractivity contribution < 1.29 is 14.2 Å². The van der Waals surface area contributed by atoms with Crippen molar-refractivity contribution in [2.75, 3.05) is 13.7 Å². The van der Waals surface area contributed by atoms with Crippen LogP contribution in [0.2, 0.25) is 0 Å². The van der Waals surface area contributed by atoms with Gasteiger partial charge in [-0.25, -0.2) is 4.39 Å². The number of nitrogens with two attached hydrogens (primary N) is 1. The summed E-state index contributed by atoms with van der Waals surface area (Å²) in [6, 6.07) is 2.86. The summed E-state index contributed by atoms with van der Waals surface area (Å²) in [7, 11) is 1.44. The minimum Gasteiger partial charge on any atom is -0.495 e. The Bertz CT molecular complexity index is 346. The number of aliphatic hydroxyl groups excluding tert-OH is 1. The Morgan fingerprint density at radius 1 is 1.60 bits per heavy atom. The molecule has 0 aliphatic heterocycles. The van der Waals surface area contributed by atoms with Gasteiger partial charge in [0.15, 0.2) is 0 Å². The standard InChI is InChI=1S/C10H13BrFNO2/c1-15-9-5-6(8(14)2-3-13)4-7(12)10(9)11/h4-5,8,14H,2-3,13H2,1H3. The van der Waals surface area contributed by atoms with Gasteiger partial charge in [0.1, 0.15) is 11.6 Å². The summed E-state index contributed by atoms with van der Waals surface area (Å²) in [4.78, 5) is 0. The van der Waals surface area contributed by atoms with E-state index in [-0.39, 0.29) is 4.47 Å². The van der Waals surface area contributed by atoms with Crippen molar-refractivity contribution in [3.8, 4) is 5.75 Å². The van der Waals surface area contributed by atoms with Gasteiger partial charge in [-0.2, -0.15) is 0 Å². The molecule has 5 heteroatoms. The first-order valence-corrected chi connectivity index (χ1v) is 5.30. The summed E-state index contributed by atoms with van der Waals surface area (Å²) in [6.45, 7) is 0.348. The lowest BCUT2D eigenvalue weighted by molar-refractivity contribution is 0.169. The van der Waals surface area contributed by atoms with Crippen molar-refractivity contribution >= 4 is 15.9 Å². The fourth-order valence-electron chi connectivity index (χ4n) is 1.25. The number of rotatable bonds is 4. The number of hydrogen-bond acceptors (Lipinski definition) is 3. The summed E-state index contributed by atoms with van der Waals surface area (Å²) in [6.07, 6.45) is -0.365. The number of hydrogen-bond donors (Lipinski definition) is 2. The Morgan fingerprint density at radius 2 is 2.27 bits per heavy atom. The Hall–Kier alpha value is -0.650. The quantitative estimate of drug-likeness (QED) is 0.885. The second-order valence-corrected chi connectivity index (χ2v) is 3.91. The summed E-state index contributed by atoms with van der Waals surface area (Å²) >= 11 is 3.06. The molecule has 84 valence electrons. The molecule has 3 nitrogen and oxygen atoms in total. The number of aliphatic hydroxyl groups is 1. The molecule has 1 rings (SSSR count). The molecule has 3 N–H and O–H groups in total. The maximum atomic E-state index is 13.4. The molecule has 1 atom stereocenters. The van der Waals surface area contributed by atoms with Gasteiger partial charge in [0.2, 0.25) is 0 Å². The van der Waals surface area contributed by atoms with E-state index in [1.54, 1.807) is 6.07 Å². The third kappa shape index (κ3) is 2.90.